The third kappa shape index (κ3) is 2.80. The van der Waals surface area contributed by atoms with Crippen molar-refractivity contribution in [3.8, 4) is 0 Å². The van der Waals surface area contributed by atoms with Gasteiger partial charge >= 0.3 is 5.97 Å². The summed E-state index contributed by atoms with van der Waals surface area (Å²) in [6.07, 6.45) is 0. The highest BCUT2D eigenvalue weighted by Gasteiger charge is 2.30. The molecule has 126 valence electrons. The average molecular weight is 345 g/mol. The van der Waals surface area contributed by atoms with E-state index in [1.165, 1.54) is 25.1 Å². The predicted molar refractivity (Wildman–Crippen MR) is 72.3 cm³/mol. The van der Waals surface area contributed by atoms with Crippen LogP contribution in [0.5, 0.6) is 0 Å². The van der Waals surface area contributed by atoms with Crippen LogP contribution in [0.3, 0.4) is 0 Å². The van der Waals surface area contributed by atoms with Gasteiger partial charge in [-0.05, 0) is 24.6 Å². The Labute approximate surface area is 131 Å². The SMILES string of the molecule is Cc1c(NC(=O)c2c(F)c(F)c(F)c(F)c2F)cccc1C(=O)O. The number of benzene rings is 2. The smallest absolute Gasteiger partial charge is 0.336 e. The van der Waals surface area contributed by atoms with Crippen LogP contribution in [-0.4, -0.2) is 17.0 Å². The van der Waals surface area contributed by atoms with Gasteiger partial charge < -0.3 is 10.4 Å². The molecule has 0 aliphatic rings. The summed E-state index contributed by atoms with van der Waals surface area (Å²) in [6, 6.07) is 3.67. The van der Waals surface area contributed by atoms with E-state index in [-0.39, 0.29) is 16.8 Å². The van der Waals surface area contributed by atoms with Crippen LogP contribution in [0, 0.1) is 36.0 Å². The normalized spacial score (nSPS) is 10.6. The van der Waals surface area contributed by atoms with Gasteiger partial charge in [-0.2, -0.15) is 0 Å². The highest BCUT2D eigenvalue weighted by Crippen LogP contribution is 2.25. The van der Waals surface area contributed by atoms with Gasteiger partial charge in [0.1, 0.15) is 5.56 Å². The summed E-state index contributed by atoms with van der Waals surface area (Å²) < 4.78 is 66.4. The first-order valence-electron chi connectivity index (χ1n) is 6.32. The topological polar surface area (TPSA) is 66.4 Å². The number of carbonyl (C=O) groups is 2. The Morgan fingerprint density at radius 3 is 1.92 bits per heavy atom. The minimum Gasteiger partial charge on any atom is -0.478 e. The van der Waals surface area contributed by atoms with Crippen LogP contribution >= 0.6 is 0 Å². The van der Waals surface area contributed by atoms with Gasteiger partial charge in [0.2, 0.25) is 5.82 Å². The molecule has 0 heterocycles. The maximum Gasteiger partial charge on any atom is 0.336 e. The van der Waals surface area contributed by atoms with Gasteiger partial charge in [-0.3, -0.25) is 4.79 Å². The largest absolute Gasteiger partial charge is 0.478 e. The molecule has 0 radical (unpaired) electrons. The summed E-state index contributed by atoms with van der Waals surface area (Å²) in [7, 11) is 0. The highest BCUT2D eigenvalue weighted by atomic mass is 19.2. The van der Waals surface area contributed by atoms with Crippen LogP contribution in [0.1, 0.15) is 26.3 Å². The number of aromatic carboxylic acids is 1. The Morgan fingerprint density at radius 2 is 1.42 bits per heavy atom. The predicted octanol–water partition coefficient (Wildman–Crippen LogP) is 3.64. The van der Waals surface area contributed by atoms with Crippen LogP contribution < -0.4 is 5.32 Å². The molecule has 0 aromatic heterocycles. The third-order valence-corrected chi connectivity index (χ3v) is 3.25. The standard InChI is InChI=1S/C15H8F5NO3/c1-5-6(15(23)24)3-2-4-7(5)21-14(22)8-9(16)11(18)13(20)12(19)10(8)17/h2-4H,1H3,(H,21,22)(H,23,24). The molecular weight excluding hydrogens is 337 g/mol. The fourth-order valence-electron chi connectivity index (χ4n) is 1.99. The molecule has 2 aromatic rings. The molecule has 0 aliphatic carbocycles. The fraction of sp³-hybridized carbons (Fsp3) is 0.0667. The molecule has 0 bridgehead atoms. The van der Waals surface area contributed by atoms with Gasteiger partial charge in [0.25, 0.3) is 5.91 Å². The minimum absolute atomic E-state index is 0.0437. The monoisotopic (exact) mass is 345 g/mol. The van der Waals surface area contributed by atoms with Crippen molar-refractivity contribution in [3.63, 3.8) is 0 Å². The summed E-state index contributed by atoms with van der Waals surface area (Å²) in [5.41, 5.74) is -1.97. The first-order chi connectivity index (χ1) is 11.2. The molecule has 0 atom stereocenters. The molecule has 0 saturated carbocycles. The van der Waals surface area contributed by atoms with E-state index in [1.807, 2.05) is 5.32 Å². The summed E-state index contributed by atoms with van der Waals surface area (Å²) in [5.74, 6) is -14.4. The van der Waals surface area contributed by atoms with Crippen LogP contribution in [0.15, 0.2) is 18.2 Å². The van der Waals surface area contributed by atoms with Crippen LogP contribution in [0.25, 0.3) is 0 Å². The number of anilines is 1. The third-order valence-electron chi connectivity index (χ3n) is 3.25. The fourth-order valence-corrected chi connectivity index (χ4v) is 1.99. The van der Waals surface area contributed by atoms with Gasteiger partial charge in [-0.15, -0.1) is 0 Å². The Kier molecular flexibility index (Phi) is 4.54. The highest BCUT2D eigenvalue weighted by molar-refractivity contribution is 6.06. The van der Waals surface area contributed by atoms with Crippen molar-refractivity contribution in [2.75, 3.05) is 5.32 Å². The zero-order chi connectivity index (χ0) is 18.2. The summed E-state index contributed by atoms with van der Waals surface area (Å²) in [4.78, 5) is 22.9. The van der Waals surface area contributed by atoms with E-state index < -0.39 is 46.5 Å². The van der Waals surface area contributed by atoms with Crippen molar-refractivity contribution in [3.05, 3.63) is 64.0 Å². The second-order valence-electron chi connectivity index (χ2n) is 4.68. The second-order valence-corrected chi connectivity index (χ2v) is 4.68. The number of rotatable bonds is 3. The van der Waals surface area contributed by atoms with E-state index in [9.17, 15) is 31.5 Å². The van der Waals surface area contributed by atoms with Gasteiger partial charge in [0, 0.05) is 5.69 Å². The number of carbonyl (C=O) groups excluding carboxylic acids is 1. The summed E-state index contributed by atoms with van der Waals surface area (Å²) in [6.45, 7) is 1.30. The molecule has 2 N–H and O–H groups in total. The number of hydrogen-bond donors (Lipinski definition) is 2. The quantitative estimate of drug-likeness (QED) is 0.507. The Balaban J connectivity index is 2.50. The minimum atomic E-state index is -2.38. The lowest BCUT2D eigenvalue weighted by atomic mass is 10.1. The number of carboxylic acids is 1. The molecule has 24 heavy (non-hydrogen) atoms. The maximum atomic E-state index is 13.6. The molecule has 9 heteroatoms. The van der Waals surface area contributed by atoms with E-state index in [1.54, 1.807) is 0 Å². The van der Waals surface area contributed by atoms with Crippen LogP contribution in [-0.2, 0) is 0 Å². The van der Waals surface area contributed by atoms with Gasteiger partial charge in [0.15, 0.2) is 23.3 Å². The molecule has 1 amide bonds. The molecule has 0 fully saturated rings. The van der Waals surface area contributed by atoms with E-state index in [2.05, 4.69) is 0 Å². The van der Waals surface area contributed by atoms with Crippen molar-refractivity contribution >= 4 is 17.6 Å². The molecular formula is C15H8F5NO3. The van der Waals surface area contributed by atoms with Crippen molar-refractivity contribution in [1.29, 1.82) is 0 Å². The van der Waals surface area contributed by atoms with Gasteiger partial charge in [-0.1, -0.05) is 6.07 Å². The number of halogens is 5. The molecule has 4 nitrogen and oxygen atoms in total. The van der Waals surface area contributed by atoms with Crippen molar-refractivity contribution < 1.29 is 36.6 Å². The van der Waals surface area contributed by atoms with Crippen LogP contribution in [0.4, 0.5) is 27.6 Å². The lowest BCUT2D eigenvalue weighted by molar-refractivity contribution is 0.0695. The number of amides is 1. The molecule has 0 unspecified atom stereocenters. The number of nitrogens with one attached hydrogen (secondary N) is 1. The van der Waals surface area contributed by atoms with Crippen molar-refractivity contribution in [2.24, 2.45) is 0 Å². The summed E-state index contributed by atoms with van der Waals surface area (Å²) in [5, 5.41) is 10.9. The second kappa shape index (κ2) is 6.26. The molecule has 2 rings (SSSR count). The van der Waals surface area contributed by atoms with Crippen molar-refractivity contribution in [2.45, 2.75) is 6.92 Å². The maximum absolute atomic E-state index is 13.6. The van der Waals surface area contributed by atoms with E-state index in [0.29, 0.717) is 0 Å². The van der Waals surface area contributed by atoms with E-state index >= 15 is 0 Å². The molecule has 0 aliphatic heterocycles. The zero-order valence-corrected chi connectivity index (χ0v) is 11.9. The molecule has 2 aromatic carbocycles. The Hall–Kier alpha value is -2.97. The number of carboxylic acid groups (broad SMARTS) is 1. The van der Waals surface area contributed by atoms with Crippen LogP contribution in [0.2, 0.25) is 0 Å². The van der Waals surface area contributed by atoms with Crippen molar-refractivity contribution in [1.82, 2.24) is 0 Å². The first kappa shape index (κ1) is 17.4. The molecule has 0 spiro atoms. The van der Waals surface area contributed by atoms with Gasteiger partial charge in [-0.25, -0.2) is 26.7 Å². The van der Waals surface area contributed by atoms with E-state index in [0.717, 1.165) is 0 Å². The first-order valence-corrected chi connectivity index (χ1v) is 6.32. The summed E-state index contributed by atoms with van der Waals surface area (Å²) >= 11 is 0. The lowest BCUT2D eigenvalue weighted by Gasteiger charge is -2.12. The van der Waals surface area contributed by atoms with Gasteiger partial charge in [0.05, 0.1) is 5.56 Å². The number of hydrogen-bond acceptors (Lipinski definition) is 2. The lowest BCUT2D eigenvalue weighted by Crippen LogP contribution is -2.20. The van der Waals surface area contributed by atoms with E-state index in [4.69, 9.17) is 5.11 Å². The molecule has 0 saturated heterocycles. The average Bonchev–Trinajstić information content (AvgIpc) is 2.53. The Bertz CT molecular complexity index is 838. The Morgan fingerprint density at radius 1 is 0.917 bits per heavy atom. The zero-order valence-electron chi connectivity index (χ0n) is 11.9.